The van der Waals surface area contributed by atoms with Crippen LogP contribution in [0.5, 0.6) is 0 Å². The van der Waals surface area contributed by atoms with Crippen molar-refractivity contribution in [3.05, 3.63) is 71.8 Å². The maximum Gasteiger partial charge on any atom is 0.410 e. The molecule has 2 aromatic carbocycles. The Balaban J connectivity index is 1.79. The number of benzene rings is 2. The van der Waals surface area contributed by atoms with Crippen LogP contribution in [-0.4, -0.2) is 58.9 Å². The molecule has 1 aliphatic heterocycles. The number of carboxylic acid groups (broad SMARTS) is 1. The van der Waals surface area contributed by atoms with E-state index >= 15 is 0 Å². The fourth-order valence-electron chi connectivity index (χ4n) is 3.49. The van der Waals surface area contributed by atoms with Gasteiger partial charge in [0.15, 0.2) is 0 Å². The molecular formula is C22H26N2O5. The molecule has 0 unspecified atom stereocenters. The van der Waals surface area contributed by atoms with E-state index in [1.54, 1.807) is 4.90 Å². The van der Waals surface area contributed by atoms with Crippen LogP contribution in [-0.2, 0) is 22.6 Å². The Morgan fingerprint density at radius 2 is 1.66 bits per heavy atom. The van der Waals surface area contributed by atoms with E-state index in [0.29, 0.717) is 13.2 Å². The van der Waals surface area contributed by atoms with Gasteiger partial charge in [-0.25, -0.2) is 9.59 Å². The molecule has 1 heterocycles. The average Bonchev–Trinajstić information content (AvgIpc) is 3.16. The quantitative estimate of drug-likeness (QED) is 0.771. The van der Waals surface area contributed by atoms with Crippen LogP contribution in [0.1, 0.15) is 18.1 Å². The van der Waals surface area contributed by atoms with E-state index in [2.05, 4.69) is 0 Å². The first-order chi connectivity index (χ1) is 14.1. The maximum atomic E-state index is 13.0. The standard InChI is InChI=1S/C22H26N2O5/c1-2-28-20-15-23(21(25)26)14-19(20)24(13-17-9-5-3-6-10-17)22(27)29-16-18-11-7-4-8-12-18/h3-12,19-20H,2,13-16H2,1H3,(H,25,26)/t19-,20-/m0/s1. The molecule has 154 valence electrons. The van der Waals surface area contributed by atoms with Gasteiger partial charge in [-0.3, -0.25) is 4.90 Å². The van der Waals surface area contributed by atoms with Crippen molar-refractivity contribution in [2.75, 3.05) is 19.7 Å². The lowest BCUT2D eigenvalue weighted by atomic mass is 10.1. The van der Waals surface area contributed by atoms with Crippen LogP contribution in [0, 0.1) is 0 Å². The van der Waals surface area contributed by atoms with Gasteiger partial charge in [0, 0.05) is 19.7 Å². The van der Waals surface area contributed by atoms with Crippen LogP contribution in [0.25, 0.3) is 0 Å². The number of ether oxygens (including phenoxy) is 2. The number of rotatable bonds is 7. The fraction of sp³-hybridized carbons (Fsp3) is 0.364. The van der Waals surface area contributed by atoms with Crippen molar-refractivity contribution in [2.24, 2.45) is 0 Å². The predicted molar refractivity (Wildman–Crippen MR) is 107 cm³/mol. The first-order valence-corrected chi connectivity index (χ1v) is 9.69. The minimum Gasteiger partial charge on any atom is -0.465 e. The highest BCUT2D eigenvalue weighted by molar-refractivity contribution is 5.69. The summed E-state index contributed by atoms with van der Waals surface area (Å²) in [6.45, 7) is 3.18. The summed E-state index contributed by atoms with van der Waals surface area (Å²) in [7, 11) is 0. The van der Waals surface area contributed by atoms with Crippen molar-refractivity contribution in [2.45, 2.75) is 32.2 Å². The van der Waals surface area contributed by atoms with Crippen LogP contribution in [0.4, 0.5) is 9.59 Å². The molecule has 2 aromatic rings. The van der Waals surface area contributed by atoms with Crippen molar-refractivity contribution < 1.29 is 24.2 Å². The monoisotopic (exact) mass is 398 g/mol. The zero-order valence-corrected chi connectivity index (χ0v) is 16.4. The Morgan fingerprint density at radius 1 is 1.03 bits per heavy atom. The Bertz CT molecular complexity index is 799. The number of carbonyl (C=O) groups excluding carboxylic acids is 1. The van der Waals surface area contributed by atoms with Crippen molar-refractivity contribution in [1.29, 1.82) is 0 Å². The third-order valence-electron chi connectivity index (χ3n) is 4.92. The highest BCUT2D eigenvalue weighted by Gasteiger charge is 2.41. The van der Waals surface area contributed by atoms with Crippen molar-refractivity contribution >= 4 is 12.2 Å². The highest BCUT2D eigenvalue weighted by Crippen LogP contribution is 2.23. The van der Waals surface area contributed by atoms with Gasteiger partial charge in [0.25, 0.3) is 0 Å². The van der Waals surface area contributed by atoms with Crippen molar-refractivity contribution in [3.8, 4) is 0 Å². The molecule has 1 aliphatic rings. The second-order valence-corrected chi connectivity index (χ2v) is 6.90. The van der Waals surface area contributed by atoms with Crippen LogP contribution in [0.15, 0.2) is 60.7 Å². The lowest BCUT2D eigenvalue weighted by Gasteiger charge is -2.31. The summed E-state index contributed by atoms with van der Waals surface area (Å²) in [5.41, 5.74) is 1.83. The Morgan fingerprint density at radius 3 is 2.24 bits per heavy atom. The fourth-order valence-corrected chi connectivity index (χ4v) is 3.49. The van der Waals surface area contributed by atoms with E-state index in [-0.39, 0.29) is 19.7 Å². The molecule has 0 aliphatic carbocycles. The van der Waals surface area contributed by atoms with Gasteiger partial charge in [-0.15, -0.1) is 0 Å². The topological polar surface area (TPSA) is 79.3 Å². The molecule has 7 nitrogen and oxygen atoms in total. The van der Waals surface area contributed by atoms with Crippen molar-refractivity contribution in [3.63, 3.8) is 0 Å². The Labute approximate surface area is 170 Å². The van der Waals surface area contributed by atoms with Crippen molar-refractivity contribution in [1.82, 2.24) is 9.80 Å². The third kappa shape index (κ3) is 5.48. The number of hydrogen-bond acceptors (Lipinski definition) is 4. The minimum atomic E-state index is -1.02. The number of amides is 2. The Kier molecular flexibility index (Phi) is 7.08. The van der Waals surface area contributed by atoms with Gasteiger partial charge >= 0.3 is 12.2 Å². The van der Waals surface area contributed by atoms with Crippen LogP contribution >= 0.6 is 0 Å². The molecular weight excluding hydrogens is 372 g/mol. The number of nitrogens with zero attached hydrogens (tertiary/aromatic N) is 2. The number of hydrogen-bond donors (Lipinski definition) is 1. The Hall–Kier alpha value is -3.06. The zero-order valence-electron chi connectivity index (χ0n) is 16.4. The molecule has 1 saturated heterocycles. The number of likely N-dealkylation sites (tertiary alicyclic amines) is 1. The van der Waals surface area contributed by atoms with Gasteiger partial charge in [-0.05, 0) is 18.1 Å². The summed E-state index contributed by atoms with van der Waals surface area (Å²) in [4.78, 5) is 27.4. The first kappa shape index (κ1) is 20.7. The predicted octanol–water partition coefficient (Wildman–Crippen LogP) is 3.59. The third-order valence-corrected chi connectivity index (χ3v) is 4.92. The molecule has 3 rings (SSSR count). The summed E-state index contributed by atoms with van der Waals surface area (Å²) in [5, 5.41) is 9.41. The molecule has 2 amide bonds. The van der Waals surface area contributed by atoms with Gasteiger partial charge < -0.3 is 19.5 Å². The second kappa shape index (κ2) is 9.93. The van der Waals surface area contributed by atoms with Gasteiger partial charge in [-0.2, -0.15) is 0 Å². The van der Waals surface area contributed by atoms with E-state index in [0.717, 1.165) is 11.1 Å². The van der Waals surface area contributed by atoms with Crippen LogP contribution < -0.4 is 0 Å². The summed E-state index contributed by atoms with van der Waals surface area (Å²) < 4.78 is 11.3. The van der Waals surface area contributed by atoms with Gasteiger partial charge in [0.1, 0.15) is 6.61 Å². The van der Waals surface area contributed by atoms with E-state index in [1.807, 2.05) is 67.6 Å². The van der Waals surface area contributed by atoms with Gasteiger partial charge in [0.05, 0.1) is 18.7 Å². The molecule has 29 heavy (non-hydrogen) atoms. The van der Waals surface area contributed by atoms with E-state index in [1.165, 1.54) is 4.90 Å². The molecule has 0 bridgehead atoms. The first-order valence-electron chi connectivity index (χ1n) is 9.69. The lowest BCUT2D eigenvalue weighted by Crippen LogP contribution is -2.47. The largest absolute Gasteiger partial charge is 0.465 e. The molecule has 7 heteroatoms. The molecule has 0 radical (unpaired) electrons. The van der Waals surface area contributed by atoms with Gasteiger partial charge in [-0.1, -0.05) is 60.7 Å². The van der Waals surface area contributed by atoms with Gasteiger partial charge in [0.2, 0.25) is 0 Å². The highest BCUT2D eigenvalue weighted by atomic mass is 16.6. The summed E-state index contributed by atoms with van der Waals surface area (Å²) in [6.07, 6.45) is -1.90. The van der Waals surface area contributed by atoms with E-state index in [9.17, 15) is 14.7 Å². The maximum absolute atomic E-state index is 13.0. The number of carbonyl (C=O) groups is 2. The SMILES string of the molecule is CCO[C@H]1CN(C(=O)O)C[C@@H]1N(Cc1ccccc1)C(=O)OCc1ccccc1. The minimum absolute atomic E-state index is 0.152. The summed E-state index contributed by atoms with van der Waals surface area (Å²) in [6, 6.07) is 18.6. The zero-order chi connectivity index (χ0) is 20.6. The average molecular weight is 398 g/mol. The lowest BCUT2D eigenvalue weighted by molar-refractivity contribution is 0.00829. The molecule has 0 saturated carbocycles. The second-order valence-electron chi connectivity index (χ2n) is 6.90. The molecule has 2 atom stereocenters. The van der Waals surface area contributed by atoms with Crippen LogP contribution in [0.3, 0.4) is 0 Å². The summed E-state index contributed by atoms with van der Waals surface area (Å²) in [5.74, 6) is 0. The molecule has 1 N–H and O–H groups in total. The summed E-state index contributed by atoms with van der Waals surface area (Å²) >= 11 is 0. The smallest absolute Gasteiger partial charge is 0.410 e. The molecule has 0 spiro atoms. The van der Waals surface area contributed by atoms with E-state index < -0.39 is 24.3 Å². The van der Waals surface area contributed by atoms with E-state index in [4.69, 9.17) is 9.47 Å². The van der Waals surface area contributed by atoms with Crippen LogP contribution in [0.2, 0.25) is 0 Å². The molecule has 0 aromatic heterocycles. The normalized spacial score (nSPS) is 18.4. The molecule has 1 fully saturated rings.